The van der Waals surface area contributed by atoms with Crippen molar-refractivity contribution in [3.8, 4) is 5.75 Å². The molecule has 0 unspecified atom stereocenters. The molecule has 0 spiro atoms. The van der Waals surface area contributed by atoms with Crippen LogP contribution in [0.2, 0.25) is 0 Å². The van der Waals surface area contributed by atoms with Gasteiger partial charge in [-0.15, -0.1) is 0 Å². The van der Waals surface area contributed by atoms with Gasteiger partial charge in [0.15, 0.2) is 6.61 Å². The Hall–Kier alpha value is -1.88. The van der Waals surface area contributed by atoms with Crippen molar-refractivity contribution in [1.29, 1.82) is 0 Å². The molecule has 3 rings (SSSR count). The maximum absolute atomic E-state index is 5.88. The second kappa shape index (κ2) is 5.85. The molecule has 5 heteroatoms. The zero-order valence-corrected chi connectivity index (χ0v) is 12.6. The zero-order chi connectivity index (χ0) is 14.8. The van der Waals surface area contributed by atoms with Gasteiger partial charge in [-0.3, -0.25) is 0 Å². The van der Waals surface area contributed by atoms with E-state index in [4.69, 9.17) is 15.0 Å². The van der Waals surface area contributed by atoms with E-state index in [1.54, 1.807) is 0 Å². The van der Waals surface area contributed by atoms with E-state index in [0.717, 1.165) is 42.0 Å². The molecule has 0 bridgehead atoms. The molecule has 21 heavy (non-hydrogen) atoms. The first-order valence-electron chi connectivity index (χ1n) is 7.43. The molecule has 1 aromatic carbocycles. The van der Waals surface area contributed by atoms with Crippen LogP contribution in [0.5, 0.6) is 5.75 Å². The number of aryl methyl sites for hydroxylation is 2. The van der Waals surface area contributed by atoms with Gasteiger partial charge >= 0.3 is 0 Å². The molecule has 2 aromatic rings. The largest absolute Gasteiger partial charge is 0.485 e. The predicted octanol–water partition coefficient (Wildman–Crippen LogP) is 2.64. The first kappa shape index (κ1) is 14.1. The Morgan fingerprint density at radius 1 is 1.29 bits per heavy atom. The zero-order valence-electron chi connectivity index (χ0n) is 12.6. The van der Waals surface area contributed by atoms with Crippen LogP contribution in [0.1, 0.15) is 47.2 Å². The van der Waals surface area contributed by atoms with Gasteiger partial charge in [0.1, 0.15) is 5.75 Å². The minimum Gasteiger partial charge on any atom is -0.485 e. The minimum absolute atomic E-state index is 0.341. The van der Waals surface area contributed by atoms with E-state index in [2.05, 4.69) is 22.3 Å². The molecule has 0 amide bonds. The summed E-state index contributed by atoms with van der Waals surface area (Å²) < 4.78 is 11.1. The summed E-state index contributed by atoms with van der Waals surface area (Å²) in [6.45, 7) is 5.10. The lowest BCUT2D eigenvalue weighted by Crippen LogP contribution is -2.05. The van der Waals surface area contributed by atoms with Crippen molar-refractivity contribution >= 4 is 0 Å². The Balaban J connectivity index is 1.68. The van der Waals surface area contributed by atoms with Crippen LogP contribution in [0.4, 0.5) is 0 Å². The van der Waals surface area contributed by atoms with Gasteiger partial charge in [0.05, 0.1) is 0 Å². The van der Waals surface area contributed by atoms with Crippen molar-refractivity contribution < 1.29 is 9.26 Å². The SMILES string of the molecule is Cc1cc(CCN)cc(C)c1OCc1noc(C2CC2)n1. The molecular weight excluding hydrogens is 266 g/mol. The highest BCUT2D eigenvalue weighted by Crippen LogP contribution is 2.38. The molecule has 1 heterocycles. The molecular formula is C16H21N3O2. The molecule has 1 aliphatic rings. The average Bonchev–Trinajstić information content (AvgIpc) is 3.18. The van der Waals surface area contributed by atoms with E-state index >= 15 is 0 Å². The highest BCUT2D eigenvalue weighted by Gasteiger charge is 2.29. The van der Waals surface area contributed by atoms with E-state index in [0.29, 0.717) is 24.9 Å². The number of aromatic nitrogens is 2. The van der Waals surface area contributed by atoms with Crippen molar-refractivity contribution in [2.45, 2.75) is 45.6 Å². The predicted molar refractivity (Wildman–Crippen MR) is 79.3 cm³/mol. The maximum atomic E-state index is 5.88. The highest BCUT2D eigenvalue weighted by atomic mass is 16.5. The van der Waals surface area contributed by atoms with E-state index in [1.165, 1.54) is 5.56 Å². The number of rotatable bonds is 6. The molecule has 2 N–H and O–H groups in total. The highest BCUT2D eigenvalue weighted by molar-refractivity contribution is 5.43. The number of nitrogens with zero attached hydrogens (tertiary/aromatic N) is 2. The third-order valence-electron chi connectivity index (χ3n) is 3.71. The molecule has 112 valence electrons. The van der Waals surface area contributed by atoms with Gasteiger partial charge in [-0.25, -0.2) is 0 Å². The van der Waals surface area contributed by atoms with E-state index in [1.807, 2.05) is 13.8 Å². The lowest BCUT2D eigenvalue weighted by Gasteiger charge is -2.12. The lowest BCUT2D eigenvalue weighted by atomic mass is 10.0. The number of hydrogen-bond acceptors (Lipinski definition) is 5. The summed E-state index contributed by atoms with van der Waals surface area (Å²) in [4.78, 5) is 4.37. The lowest BCUT2D eigenvalue weighted by molar-refractivity contribution is 0.281. The van der Waals surface area contributed by atoms with E-state index < -0.39 is 0 Å². The fraction of sp³-hybridized carbons (Fsp3) is 0.500. The van der Waals surface area contributed by atoms with Crippen LogP contribution in [0.3, 0.4) is 0 Å². The third kappa shape index (κ3) is 3.24. The summed E-state index contributed by atoms with van der Waals surface area (Å²) in [5.74, 6) is 2.74. The standard InChI is InChI=1S/C16H21N3O2/c1-10-7-12(5-6-17)8-11(2)15(10)20-9-14-18-16(21-19-14)13-3-4-13/h7-8,13H,3-6,9,17H2,1-2H3. The topological polar surface area (TPSA) is 74.2 Å². The molecule has 5 nitrogen and oxygen atoms in total. The van der Waals surface area contributed by atoms with Crippen molar-refractivity contribution in [3.05, 3.63) is 40.5 Å². The van der Waals surface area contributed by atoms with Gasteiger partial charge in [-0.05, 0) is 56.3 Å². The maximum Gasteiger partial charge on any atom is 0.229 e. The molecule has 1 aliphatic carbocycles. The van der Waals surface area contributed by atoms with Crippen LogP contribution in [0.15, 0.2) is 16.7 Å². The van der Waals surface area contributed by atoms with Gasteiger partial charge < -0.3 is 15.0 Å². The Morgan fingerprint density at radius 3 is 2.62 bits per heavy atom. The Labute approximate surface area is 124 Å². The van der Waals surface area contributed by atoms with Crippen molar-refractivity contribution in [2.75, 3.05) is 6.54 Å². The van der Waals surface area contributed by atoms with Crippen LogP contribution in [-0.4, -0.2) is 16.7 Å². The quantitative estimate of drug-likeness (QED) is 0.884. The van der Waals surface area contributed by atoms with E-state index in [-0.39, 0.29) is 0 Å². The third-order valence-corrected chi connectivity index (χ3v) is 3.71. The Morgan fingerprint density at radius 2 is 2.00 bits per heavy atom. The number of ether oxygens (including phenoxy) is 1. The van der Waals surface area contributed by atoms with Crippen LogP contribution in [-0.2, 0) is 13.0 Å². The second-order valence-electron chi connectivity index (χ2n) is 5.71. The molecule has 0 atom stereocenters. The van der Waals surface area contributed by atoms with Gasteiger partial charge in [0, 0.05) is 5.92 Å². The fourth-order valence-electron chi connectivity index (χ4n) is 2.54. The molecule has 0 saturated heterocycles. The first-order chi connectivity index (χ1) is 10.2. The second-order valence-corrected chi connectivity index (χ2v) is 5.71. The minimum atomic E-state index is 0.341. The van der Waals surface area contributed by atoms with E-state index in [9.17, 15) is 0 Å². The number of nitrogens with two attached hydrogens (primary N) is 1. The summed E-state index contributed by atoms with van der Waals surface area (Å²) in [6.07, 6.45) is 3.20. The Kier molecular flexibility index (Phi) is 3.92. The summed E-state index contributed by atoms with van der Waals surface area (Å²) in [7, 11) is 0. The van der Waals surface area contributed by atoms with Gasteiger partial charge in [0.2, 0.25) is 11.7 Å². The molecule has 1 saturated carbocycles. The molecule has 0 radical (unpaired) electrons. The van der Waals surface area contributed by atoms with Gasteiger partial charge in [0.25, 0.3) is 0 Å². The van der Waals surface area contributed by atoms with Gasteiger partial charge in [-0.2, -0.15) is 4.98 Å². The molecule has 0 aliphatic heterocycles. The molecule has 1 aromatic heterocycles. The summed E-state index contributed by atoms with van der Waals surface area (Å²) in [5.41, 5.74) is 9.08. The summed E-state index contributed by atoms with van der Waals surface area (Å²) in [5, 5.41) is 3.97. The number of benzene rings is 1. The first-order valence-corrected chi connectivity index (χ1v) is 7.43. The molecule has 1 fully saturated rings. The smallest absolute Gasteiger partial charge is 0.229 e. The van der Waals surface area contributed by atoms with Crippen LogP contribution in [0.25, 0.3) is 0 Å². The monoisotopic (exact) mass is 287 g/mol. The van der Waals surface area contributed by atoms with Crippen molar-refractivity contribution in [2.24, 2.45) is 5.73 Å². The average molecular weight is 287 g/mol. The normalized spacial score (nSPS) is 14.4. The Bertz CT molecular complexity index is 609. The van der Waals surface area contributed by atoms with Crippen LogP contribution < -0.4 is 10.5 Å². The fourth-order valence-corrected chi connectivity index (χ4v) is 2.54. The summed E-state index contributed by atoms with van der Waals surface area (Å²) >= 11 is 0. The van der Waals surface area contributed by atoms with Gasteiger partial charge in [-0.1, -0.05) is 17.3 Å². The van der Waals surface area contributed by atoms with Crippen molar-refractivity contribution in [1.82, 2.24) is 10.1 Å². The number of hydrogen-bond donors (Lipinski definition) is 1. The van der Waals surface area contributed by atoms with Crippen LogP contribution >= 0.6 is 0 Å². The van der Waals surface area contributed by atoms with Crippen LogP contribution in [0, 0.1) is 13.8 Å². The van der Waals surface area contributed by atoms with Crippen molar-refractivity contribution in [3.63, 3.8) is 0 Å². The summed E-state index contributed by atoms with van der Waals surface area (Å²) in [6, 6.07) is 4.25.